The van der Waals surface area contributed by atoms with E-state index in [0.29, 0.717) is 0 Å². The van der Waals surface area contributed by atoms with Crippen LogP contribution in [0.1, 0.15) is 11.1 Å². The topological polar surface area (TPSA) is 52.6 Å². The summed E-state index contributed by atoms with van der Waals surface area (Å²) in [6.45, 7) is 0. The molecule has 1 heterocycles. The summed E-state index contributed by atoms with van der Waals surface area (Å²) in [7, 11) is 1.59. The molecule has 1 aliphatic rings. The molecule has 1 aliphatic heterocycles. The molecular weight excluding hydrogens is 252 g/mol. The number of hydrogen-bond acceptors (Lipinski definition) is 2. The molecule has 2 amide bonds. The van der Waals surface area contributed by atoms with E-state index in [0.717, 1.165) is 11.1 Å². The molecule has 4 nitrogen and oxygen atoms in total. The van der Waals surface area contributed by atoms with Gasteiger partial charge in [-0.15, -0.1) is 0 Å². The largest absolute Gasteiger partial charge is 0.370 e. The second-order valence-electron chi connectivity index (χ2n) is 4.95. The van der Waals surface area contributed by atoms with Gasteiger partial charge >= 0.3 is 6.03 Å². The Labute approximate surface area is 117 Å². The van der Waals surface area contributed by atoms with Crippen LogP contribution in [0.3, 0.4) is 0 Å². The van der Waals surface area contributed by atoms with Crippen LogP contribution in [0.15, 0.2) is 60.7 Å². The van der Waals surface area contributed by atoms with Crippen LogP contribution in [-0.2, 0) is 5.54 Å². The van der Waals surface area contributed by atoms with Gasteiger partial charge in [0.25, 0.3) is 0 Å². The van der Waals surface area contributed by atoms with Crippen LogP contribution in [0.4, 0.5) is 4.79 Å². The van der Waals surface area contributed by atoms with Crippen LogP contribution in [0.25, 0.3) is 0 Å². The predicted octanol–water partition coefficient (Wildman–Crippen LogP) is 1.90. The molecule has 0 spiro atoms. The minimum absolute atomic E-state index is 0.287. The van der Waals surface area contributed by atoms with Gasteiger partial charge in [-0.3, -0.25) is 4.90 Å². The van der Waals surface area contributed by atoms with Gasteiger partial charge in [0, 0.05) is 7.05 Å². The molecule has 1 saturated heterocycles. The molecule has 102 valence electrons. The lowest BCUT2D eigenvalue weighted by molar-refractivity contribution is 0.0276. The number of benzene rings is 2. The van der Waals surface area contributed by atoms with E-state index in [1.54, 1.807) is 7.05 Å². The first-order chi connectivity index (χ1) is 9.66. The molecule has 1 fully saturated rings. The Balaban J connectivity index is 2.22. The van der Waals surface area contributed by atoms with Crippen molar-refractivity contribution in [2.75, 3.05) is 7.05 Å². The highest BCUT2D eigenvalue weighted by Crippen LogP contribution is 2.37. The predicted molar refractivity (Wildman–Crippen MR) is 76.0 cm³/mol. The van der Waals surface area contributed by atoms with Crippen LogP contribution in [-0.4, -0.2) is 29.3 Å². The molecular formula is C16H16N2O2. The van der Waals surface area contributed by atoms with Crippen molar-refractivity contribution in [2.45, 2.75) is 11.8 Å². The maximum Gasteiger partial charge on any atom is 0.320 e. The van der Waals surface area contributed by atoms with Gasteiger partial charge in [-0.1, -0.05) is 60.7 Å². The summed E-state index contributed by atoms with van der Waals surface area (Å²) in [6.07, 6.45) is -0.959. The van der Waals surface area contributed by atoms with Gasteiger partial charge in [-0.2, -0.15) is 0 Å². The van der Waals surface area contributed by atoms with Crippen molar-refractivity contribution in [1.29, 1.82) is 0 Å². The van der Waals surface area contributed by atoms with Gasteiger partial charge in [-0.05, 0) is 11.1 Å². The minimum Gasteiger partial charge on any atom is -0.370 e. The summed E-state index contributed by atoms with van der Waals surface area (Å²) < 4.78 is 0. The standard InChI is InChI=1S/C16H16N2O2/c1-18-14(19)16(17-15(18)20,12-8-4-2-5-9-12)13-10-6-3-7-11-13/h2-11,14,19H,1H3,(H,17,20). The second-order valence-corrected chi connectivity index (χ2v) is 4.95. The van der Waals surface area contributed by atoms with E-state index >= 15 is 0 Å². The van der Waals surface area contributed by atoms with Gasteiger partial charge < -0.3 is 10.4 Å². The van der Waals surface area contributed by atoms with Crippen LogP contribution >= 0.6 is 0 Å². The average Bonchev–Trinajstić information content (AvgIpc) is 2.74. The van der Waals surface area contributed by atoms with Gasteiger partial charge in [-0.25, -0.2) is 4.79 Å². The number of likely N-dealkylation sites (N-methyl/N-ethyl adjacent to an activating group) is 1. The van der Waals surface area contributed by atoms with Crippen LogP contribution in [0, 0.1) is 0 Å². The fraction of sp³-hybridized carbons (Fsp3) is 0.188. The van der Waals surface area contributed by atoms with Crippen LogP contribution < -0.4 is 5.32 Å². The molecule has 2 aromatic carbocycles. The van der Waals surface area contributed by atoms with Crippen molar-refractivity contribution in [3.63, 3.8) is 0 Å². The molecule has 0 radical (unpaired) electrons. The Kier molecular flexibility index (Phi) is 2.95. The number of urea groups is 1. The molecule has 1 atom stereocenters. The van der Waals surface area contributed by atoms with Crippen molar-refractivity contribution in [3.05, 3.63) is 71.8 Å². The third kappa shape index (κ3) is 1.69. The van der Waals surface area contributed by atoms with E-state index in [9.17, 15) is 9.90 Å². The average molecular weight is 268 g/mol. The monoisotopic (exact) mass is 268 g/mol. The van der Waals surface area contributed by atoms with E-state index in [1.807, 2.05) is 60.7 Å². The number of amides is 2. The molecule has 0 bridgehead atoms. The van der Waals surface area contributed by atoms with Crippen molar-refractivity contribution >= 4 is 6.03 Å². The highest BCUT2D eigenvalue weighted by atomic mass is 16.3. The lowest BCUT2D eigenvalue weighted by Crippen LogP contribution is -2.47. The summed E-state index contributed by atoms with van der Waals surface area (Å²) in [4.78, 5) is 13.3. The highest BCUT2D eigenvalue weighted by Gasteiger charge is 2.51. The zero-order chi connectivity index (χ0) is 14.2. The van der Waals surface area contributed by atoms with E-state index in [-0.39, 0.29) is 6.03 Å². The highest BCUT2D eigenvalue weighted by molar-refractivity contribution is 5.80. The maximum absolute atomic E-state index is 12.0. The lowest BCUT2D eigenvalue weighted by Gasteiger charge is -2.33. The van der Waals surface area contributed by atoms with E-state index in [4.69, 9.17) is 0 Å². The van der Waals surface area contributed by atoms with Gasteiger partial charge in [0.15, 0.2) is 6.23 Å². The first-order valence-electron chi connectivity index (χ1n) is 6.50. The number of carbonyl (C=O) groups is 1. The summed E-state index contributed by atoms with van der Waals surface area (Å²) in [6, 6.07) is 18.8. The SMILES string of the molecule is CN1C(=O)NC(c2ccccc2)(c2ccccc2)C1O. The molecule has 3 rings (SSSR count). The fourth-order valence-corrected chi connectivity index (χ4v) is 2.73. The molecule has 1 unspecified atom stereocenters. The number of aliphatic hydroxyl groups is 1. The van der Waals surface area contributed by atoms with Gasteiger partial charge in [0.1, 0.15) is 5.54 Å². The summed E-state index contributed by atoms with van der Waals surface area (Å²) in [5.74, 6) is 0. The van der Waals surface area contributed by atoms with Crippen molar-refractivity contribution in [1.82, 2.24) is 10.2 Å². The summed E-state index contributed by atoms with van der Waals surface area (Å²) in [5, 5.41) is 13.6. The molecule has 20 heavy (non-hydrogen) atoms. The second kappa shape index (κ2) is 4.65. The molecule has 4 heteroatoms. The van der Waals surface area contributed by atoms with E-state index in [2.05, 4.69) is 5.32 Å². The molecule has 2 aromatic rings. The van der Waals surface area contributed by atoms with Gasteiger partial charge in [0.2, 0.25) is 0 Å². The summed E-state index contributed by atoms with van der Waals surface area (Å²) in [5.41, 5.74) is 0.779. The molecule has 0 saturated carbocycles. The Morgan fingerprint density at radius 3 is 1.80 bits per heavy atom. The third-order valence-electron chi connectivity index (χ3n) is 3.84. The Hall–Kier alpha value is -2.33. The Bertz CT molecular complexity index is 573. The maximum atomic E-state index is 12.0. The molecule has 2 N–H and O–H groups in total. The lowest BCUT2D eigenvalue weighted by atomic mass is 9.82. The normalized spacial score (nSPS) is 20.8. The van der Waals surface area contributed by atoms with E-state index < -0.39 is 11.8 Å². The van der Waals surface area contributed by atoms with Crippen molar-refractivity contribution < 1.29 is 9.90 Å². The fourth-order valence-electron chi connectivity index (χ4n) is 2.73. The first-order valence-corrected chi connectivity index (χ1v) is 6.50. The van der Waals surface area contributed by atoms with Crippen molar-refractivity contribution in [2.24, 2.45) is 0 Å². The minimum atomic E-state index is -0.959. The number of nitrogens with one attached hydrogen (secondary N) is 1. The Morgan fingerprint density at radius 1 is 1.00 bits per heavy atom. The first kappa shape index (κ1) is 12.7. The Morgan fingerprint density at radius 2 is 1.45 bits per heavy atom. The number of rotatable bonds is 2. The van der Waals surface area contributed by atoms with Crippen LogP contribution in [0.5, 0.6) is 0 Å². The molecule has 0 aliphatic carbocycles. The molecule has 0 aromatic heterocycles. The van der Waals surface area contributed by atoms with Gasteiger partial charge in [0.05, 0.1) is 0 Å². The van der Waals surface area contributed by atoms with Crippen molar-refractivity contribution in [3.8, 4) is 0 Å². The van der Waals surface area contributed by atoms with Crippen LogP contribution in [0.2, 0.25) is 0 Å². The summed E-state index contributed by atoms with van der Waals surface area (Å²) >= 11 is 0. The quantitative estimate of drug-likeness (QED) is 0.874. The zero-order valence-electron chi connectivity index (χ0n) is 11.2. The number of nitrogens with zero attached hydrogens (tertiary/aromatic N) is 1. The smallest absolute Gasteiger partial charge is 0.320 e. The third-order valence-corrected chi connectivity index (χ3v) is 3.84. The zero-order valence-corrected chi connectivity index (χ0v) is 11.2. The number of hydrogen-bond donors (Lipinski definition) is 2. The van der Waals surface area contributed by atoms with E-state index in [1.165, 1.54) is 4.90 Å². The number of carbonyl (C=O) groups excluding carboxylic acids is 1. The number of aliphatic hydroxyl groups excluding tert-OH is 1.